The van der Waals surface area contributed by atoms with Crippen molar-refractivity contribution in [3.8, 4) is 5.75 Å². The summed E-state index contributed by atoms with van der Waals surface area (Å²) in [5, 5.41) is 0. The van der Waals surface area contributed by atoms with E-state index in [1.165, 1.54) is 43.5 Å². The first-order valence-corrected chi connectivity index (χ1v) is 6.69. The molecule has 6 heteroatoms. The van der Waals surface area contributed by atoms with Crippen LogP contribution in [-0.2, 0) is 9.53 Å². The van der Waals surface area contributed by atoms with Crippen LogP contribution in [0.5, 0.6) is 5.75 Å². The minimum atomic E-state index is -0.723. The molecule has 0 atom stereocenters. The van der Waals surface area contributed by atoms with Gasteiger partial charge in [-0.25, -0.2) is 18.6 Å². The number of cyclic esters (lactones) is 1. The van der Waals surface area contributed by atoms with E-state index in [9.17, 15) is 13.6 Å². The van der Waals surface area contributed by atoms with Gasteiger partial charge in [0.2, 0.25) is 5.90 Å². The maximum Gasteiger partial charge on any atom is 0.363 e. The van der Waals surface area contributed by atoms with Gasteiger partial charge in [0.25, 0.3) is 0 Å². The number of hydrogen-bond donors (Lipinski definition) is 0. The van der Waals surface area contributed by atoms with Crippen LogP contribution in [0.2, 0.25) is 0 Å². The van der Waals surface area contributed by atoms with Gasteiger partial charge in [0.05, 0.1) is 12.7 Å². The Morgan fingerprint density at radius 2 is 1.91 bits per heavy atom. The Bertz CT molecular complexity index is 843. The van der Waals surface area contributed by atoms with Gasteiger partial charge in [-0.15, -0.1) is 0 Å². The summed E-state index contributed by atoms with van der Waals surface area (Å²) in [6.07, 6.45) is 1.36. The number of esters is 1. The van der Waals surface area contributed by atoms with Crippen LogP contribution >= 0.6 is 0 Å². The predicted molar refractivity (Wildman–Crippen MR) is 80.0 cm³/mol. The van der Waals surface area contributed by atoms with Crippen LogP contribution in [0.3, 0.4) is 0 Å². The molecule has 3 rings (SSSR count). The number of benzene rings is 2. The summed E-state index contributed by atoms with van der Waals surface area (Å²) in [6, 6.07) is 10.0. The number of halogens is 2. The quantitative estimate of drug-likeness (QED) is 0.645. The first kappa shape index (κ1) is 14.9. The summed E-state index contributed by atoms with van der Waals surface area (Å²) in [5.74, 6) is -1.85. The minimum absolute atomic E-state index is 0.0344. The number of nitrogens with zero attached hydrogens (tertiary/aromatic N) is 1. The molecule has 0 N–H and O–H groups in total. The molecular formula is C17H11F2NO3. The smallest absolute Gasteiger partial charge is 0.363 e. The third-order valence-corrected chi connectivity index (χ3v) is 3.20. The monoisotopic (exact) mass is 315 g/mol. The lowest BCUT2D eigenvalue weighted by Crippen LogP contribution is -2.07. The molecule has 1 aliphatic rings. The van der Waals surface area contributed by atoms with E-state index in [1.807, 2.05) is 0 Å². The van der Waals surface area contributed by atoms with Crippen LogP contribution in [0, 0.1) is 11.6 Å². The number of carbonyl (C=O) groups is 1. The van der Waals surface area contributed by atoms with Crippen molar-refractivity contribution < 1.29 is 23.0 Å². The highest BCUT2D eigenvalue weighted by Crippen LogP contribution is 2.23. The molecule has 0 radical (unpaired) electrons. The highest BCUT2D eigenvalue weighted by atomic mass is 19.1. The first-order chi connectivity index (χ1) is 11.1. The molecule has 1 heterocycles. The molecule has 4 nitrogen and oxygen atoms in total. The van der Waals surface area contributed by atoms with E-state index in [4.69, 9.17) is 9.47 Å². The fourth-order valence-corrected chi connectivity index (χ4v) is 2.09. The van der Waals surface area contributed by atoms with Crippen molar-refractivity contribution in [3.05, 3.63) is 70.9 Å². The van der Waals surface area contributed by atoms with Crippen LogP contribution in [-0.4, -0.2) is 19.0 Å². The lowest BCUT2D eigenvalue weighted by molar-refractivity contribution is -0.129. The van der Waals surface area contributed by atoms with Crippen LogP contribution in [0.1, 0.15) is 11.1 Å². The summed E-state index contributed by atoms with van der Waals surface area (Å²) < 4.78 is 37.2. The van der Waals surface area contributed by atoms with E-state index in [0.29, 0.717) is 5.56 Å². The summed E-state index contributed by atoms with van der Waals surface area (Å²) in [5.41, 5.74) is 0.465. The normalized spacial score (nSPS) is 15.5. The number of methoxy groups -OCH3 is 1. The zero-order valence-corrected chi connectivity index (χ0v) is 12.0. The molecule has 23 heavy (non-hydrogen) atoms. The molecule has 2 aromatic rings. The lowest BCUT2D eigenvalue weighted by atomic mass is 10.2. The van der Waals surface area contributed by atoms with Crippen molar-refractivity contribution in [3.63, 3.8) is 0 Å². The Morgan fingerprint density at radius 3 is 2.61 bits per heavy atom. The molecule has 116 valence electrons. The van der Waals surface area contributed by atoms with Crippen molar-refractivity contribution in [1.82, 2.24) is 0 Å². The number of hydrogen-bond acceptors (Lipinski definition) is 4. The van der Waals surface area contributed by atoms with E-state index in [1.54, 1.807) is 12.1 Å². The van der Waals surface area contributed by atoms with E-state index in [-0.39, 0.29) is 22.9 Å². The molecular weight excluding hydrogens is 304 g/mol. The summed E-state index contributed by atoms with van der Waals surface area (Å²) in [7, 11) is 1.36. The SMILES string of the molecule is COc1ccc(/C=C2/N=C(c3ccccc3F)OC2=O)cc1F. The van der Waals surface area contributed by atoms with Crippen molar-refractivity contribution in [1.29, 1.82) is 0 Å². The molecule has 0 amide bonds. The molecule has 0 unspecified atom stereocenters. The summed E-state index contributed by atoms with van der Waals surface area (Å²) >= 11 is 0. The van der Waals surface area contributed by atoms with Crippen LogP contribution in [0.15, 0.2) is 53.2 Å². The van der Waals surface area contributed by atoms with Crippen molar-refractivity contribution >= 4 is 17.9 Å². The fraction of sp³-hybridized carbons (Fsp3) is 0.0588. The molecule has 0 fully saturated rings. The molecule has 0 aliphatic carbocycles. The number of aliphatic imine (C=N–C) groups is 1. The zero-order chi connectivity index (χ0) is 16.4. The third kappa shape index (κ3) is 2.96. The maximum absolute atomic E-state index is 13.7. The second kappa shape index (κ2) is 6.00. The molecule has 0 saturated heterocycles. The predicted octanol–water partition coefficient (Wildman–Crippen LogP) is 3.32. The largest absolute Gasteiger partial charge is 0.494 e. The first-order valence-electron chi connectivity index (χ1n) is 6.69. The average Bonchev–Trinajstić information content (AvgIpc) is 2.89. The molecule has 0 aromatic heterocycles. The van der Waals surface area contributed by atoms with E-state index in [2.05, 4.69) is 4.99 Å². The van der Waals surface area contributed by atoms with E-state index >= 15 is 0 Å². The third-order valence-electron chi connectivity index (χ3n) is 3.20. The highest BCUT2D eigenvalue weighted by Gasteiger charge is 2.25. The highest BCUT2D eigenvalue weighted by molar-refractivity contribution is 6.12. The number of rotatable bonds is 3. The summed E-state index contributed by atoms with van der Waals surface area (Å²) in [4.78, 5) is 15.8. The van der Waals surface area contributed by atoms with Gasteiger partial charge in [0.15, 0.2) is 17.3 Å². The second-order valence-electron chi connectivity index (χ2n) is 4.71. The maximum atomic E-state index is 13.7. The number of ether oxygens (including phenoxy) is 2. The lowest BCUT2D eigenvalue weighted by Gasteiger charge is -2.01. The van der Waals surface area contributed by atoms with Gasteiger partial charge in [0.1, 0.15) is 5.82 Å². The van der Waals surface area contributed by atoms with Crippen molar-refractivity contribution in [2.45, 2.75) is 0 Å². The Morgan fingerprint density at radius 1 is 1.13 bits per heavy atom. The van der Waals surface area contributed by atoms with Crippen molar-refractivity contribution in [2.75, 3.05) is 7.11 Å². The Hall–Kier alpha value is -3.02. The average molecular weight is 315 g/mol. The Labute approximate surface area is 130 Å². The fourth-order valence-electron chi connectivity index (χ4n) is 2.09. The molecule has 1 aliphatic heterocycles. The van der Waals surface area contributed by atoms with Gasteiger partial charge < -0.3 is 9.47 Å². The Balaban J connectivity index is 1.95. The van der Waals surface area contributed by atoms with Crippen LogP contribution < -0.4 is 4.74 Å². The van der Waals surface area contributed by atoms with Gasteiger partial charge in [0, 0.05) is 0 Å². The van der Waals surface area contributed by atoms with Gasteiger partial charge in [-0.05, 0) is 35.9 Å². The van der Waals surface area contributed by atoms with Gasteiger partial charge >= 0.3 is 5.97 Å². The second-order valence-corrected chi connectivity index (χ2v) is 4.71. The molecule has 0 saturated carbocycles. The Kier molecular flexibility index (Phi) is 3.89. The van der Waals surface area contributed by atoms with E-state index in [0.717, 1.165) is 0 Å². The van der Waals surface area contributed by atoms with Crippen molar-refractivity contribution in [2.24, 2.45) is 4.99 Å². The topological polar surface area (TPSA) is 47.9 Å². The molecule has 0 bridgehead atoms. The minimum Gasteiger partial charge on any atom is -0.494 e. The van der Waals surface area contributed by atoms with E-state index < -0.39 is 17.6 Å². The standard InChI is InChI=1S/C17H11F2NO3/c1-22-15-7-6-10(8-13(15)19)9-14-17(21)23-16(20-14)11-4-2-3-5-12(11)18/h2-9H,1H3/b14-9+. The zero-order valence-electron chi connectivity index (χ0n) is 12.0. The van der Waals surface area contributed by atoms with Crippen LogP contribution in [0.4, 0.5) is 8.78 Å². The van der Waals surface area contributed by atoms with Gasteiger partial charge in [-0.1, -0.05) is 18.2 Å². The molecule has 0 spiro atoms. The van der Waals surface area contributed by atoms with Gasteiger partial charge in [-0.3, -0.25) is 0 Å². The van der Waals surface area contributed by atoms with Gasteiger partial charge in [-0.2, -0.15) is 0 Å². The summed E-state index contributed by atoms with van der Waals surface area (Å²) in [6.45, 7) is 0. The number of carbonyl (C=O) groups excluding carboxylic acids is 1. The van der Waals surface area contributed by atoms with Crippen LogP contribution in [0.25, 0.3) is 6.08 Å². The molecule has 2 aromatic carbocycles.